The Bertz CT molecular complexity index is 536. The lowest BCUT2D eigenvalue weighted by atomic mass is 10.2. The van der Waals surface area contributed by atoms with Crippen LogP contribution < -0.4 is 10.2 Å². The van der Waals surface area contributed by atoms with Crippen molar-refractivity contribution in [3.8, 4) is 0 Å². The third-order valence-corrected chi connectivity index (χ3v) is 3.01. The van der Waals surface area contributed by atoms with Gasteiger partial charge in [0.05, 0.1) is 0 Å². The molecule has 0 aliphatic rings. The number of hydrogen-bond acceptors (Lipinski definition) is 5. The van der Waals surface area contributed by atoms with Crippen LogP contribution in [0.2, 0.25) is 0 Å². The summed E-state index contributed by atoms with van der Waals surface area (Å²) in [6.07, 6.45) is 6.45. The fourth-order valence-electron chi connectivity index (χ4n) is 1.97. The van der Waals surface area contributed by atoms with E-state index < -0.39 is 0 Å². The van der Waals surface area contributed by atoms with Gasteiger partial charge < -0.3 is 10.2 Å². The summed E-state index contributed by atoms with van der Waals surface area (Å²) in [5.74, 6) is 1.88. The summed E-state index contributed by atoms with van der Waals surface area (Å²) in [7, 11) is 4.01. The minimum absolute atomic E-state index is 0.756. The molecule has 1 N–H and O–H groups in total. The van der Waals surface area contributed by atoms with Crippen molar-refractivity contribution in [1.29, 1.82) is 0 Å². The number of rotatable bonds is 6. The molecular formula is C15H21N5. The Morgan fingerprint density at radius 3 is 2.50 bits per heavy atom. The van der Waals surface area contributed by atoms with Crippen LogP contribution in [0.5, 0.6) is 0 Å². The number of pyridine rings is 1. The third-order valence-electron chi connectivity index (χ3n) is 3.01. The number of hydrogen-bond donors (Lipinski definition) is 1. The van der Waals surface area contributed by atoms with Crippen LogP contribution in [-0.4, -0.2) is 29.0 Å². The number of nitrogens with zero attached hydrogens (tertiary/aromatic N) is 4. The van der Waals surface area contributed by atoms with Crippen LogP contribution in [0.15, 0.2) is 30.7 Å². The van der Waals surface area contributed by atoms with Gasteiger partial charge in [0, 0.05) is 63.3 Å². The lowest BCUT2D eigenvalue weighted by Crippen LogP contribution is -2.18. The first-order valence-electron chi connectivity index (χ1n) is 6.82. The molecule has 0 aromatic carbocycles. The molecule has 0 aliphatic heterocycles. The summed E-state index contributed by atoms with van der Waals surface area (Å²) >= 11 is 0. The van der Waals surface area contributed by atoms with Crippen LogP contribution >= 0.6 is 0 Å². The molecule has 5 nitrogen and oxygen atoms in total. The smallest absolute Gasteiger partial charge is 0.132 e. The molecule has 2 heterocycles. The van der Waals surface area contributed by atoms with E-state index in [-0.39, 0.29) is 0 Å². The monoisotopic (exact) mass is 271 g/mol. The second-order valence-electron chi connectivity index (χ2n) is 4.85. The molecule has 0 fully saturated rings. The van der Waals surface area contributed by atoms with Crippen molar-refractivity contribution in [3.63, 3.8) is 0 Å². The molecule has 0 aliphatic carbocycles. The van der Waals surface area contributed by atoms with Gasteiger partial charge in [-0.05, 0) is 6.07 Å². The SMILES string of the molecule is CCc1ncc(CNCc2cccnc2N(C)C)cn1. The highest BCUT2D eigenvalue weighted by Crippen LogP contribution is 2.13. The summed E-state index contributed by atoms with van der Waals surface area (Å²) in [6.45, 7) is 3.58. The van der Waals surface area contributed by atoms with Gasteiger partial charge in [0.25, 0.3) is 0 Å². The van der Waals surface area contributed by atoms with Gasteiger partial charge in [-0.3, -0.25) is 0 Å². The lowest BCUT2D eigenvalue weighted by molar-refractivity contribution is 0.684. The normalized spacial score (nSPS) is 10.6. The quantitative estimate of drug-likeness (QED) is 0.868. The predicted octanol–water partition coefficient (Wildman–Crippen LogP) is 1.79. The van der Waals surface area contributed by atoms with Gasteiger partial charge >= 0.3 is 0 Å². The fraction of sp³-hybridized carbons (Fsp3) is 0.400. The Hall–Kier alpha value is -2.01. The van der Waals surface area contributed by atoms with Crippen molar-refractivity contribution in [3.05, 3.63) is 47.7 Å². The summed E-state index contributed by atoms with van der Waals surface area (Å²) < 4.78 is 0. The average molecular weight is 271 g/mol. The van der Waals surface area contributed by atoms with Crippen molar-refractivity contribution in [1.82, 2.24) is 20.3 Å². The fourth-order valence-corrected chi connectivity index (χ4v) is 1.97. The third kappa shape index (κ3) is 3.74. The maximum absolute atomic E-state index is 4.39. The predicted molar refractivity (Wildman–Crippen MR) is 80.5 cm³/mol. The molecule has 0 atom stereocenters. The molecule has 20 heavy (non-hydrogen) atoms. The van der Waals surface area contributed by atoms with E-state index in [0.29, 0.717) is 0 Å². The lowest BCUT2D eigenvalue weighted by Gasteiger charge is -2.16. The molecule has 0 spiro atoms. The van der Waals surface area contributed by atoms with Crippen molar-refractivity contribution in [2.75, 3.05) is 19.0 Å². The Kier molecular flexibility index (Phi) is 5.01. The first kappa shape index (κ1) is 14.4. The molecule has 0 saturated carbocycles. The van der Waals surface area contributed by atoms with Gasteiger partial charge in [-0.15, -0.1) is 0 Å². The second kappa shape index (κ2) is 6.96. The van der Waals surface area contributed by atoms with Crippen LogP contribution in [-0.2, 0) is 19.5 Å². The van der Waals surface area contributed by atoms with Crippen LogP contribution in [0.4, 0.5) is 5.82 Å². The molecule has 2 aromatic rings. The van der Waals surface area contributed by atoms with Crippen molar-refractivity contribution in [2.24, 2.45) is 0 Å². The molecule has 5 heteroatoms. The van der Waals surface area contributed by atoms with E-state index in [0.717, 1.165) is 36.7 Å². The highest BCUT2D eigenvalue weighted by Gasteiger charge is 2.04. The van der Waals surface area contributed by atoms with E-state index >= 15 is 0 Å². The van der Waals surface area contributed by atoms with Gasteiger partial charge in [0.2, 0.25) is 0 Å². The first-order valence-corrected chi connectivity index (χ1v) is 6.82. The summed E-state index contributed by atoms with van der Waals surface area (Å²) in [4.78, 5) is 15.0. The van der Waals surface area contributed by atoms with Gasteiger partial charge in [-0.1, -0.05) is 13.0 Å². The standard InChI is InChI=1S/C15H21N5/c1-4-14-18-9-12(10-19-14)8-16-11-13-6-5-7-17-15(13)20(2)3/h5-7,9-10,16H,4,8,11H2,1-3H3. The van der Waals surface area contributed by atoms with Crippen LogP contribution in [0.1, 0.15) is 23.9 Å². The largest absolute Gasteiger partial charge is 0.362 e. The highest BCUT2D eigenvalue weighted by atomic mass is 15.1. The number of nitrogens with one attached hydrogen (secondary N) is 1. The van der Waals surface area contributed by atoms with Gasteiger partial charge in [-0.2, -0.15) is 0 Å². The zero-order valence-electron chi connectivity index (χ0n) is 12.3. The van der Waals surface area contributed by atoms with Gasteiger partial charge in [0.15, 0.2) is 0 Å². The van der Waals surface area contributed by atoms with E-state index in [1.54, 1.807) is 0 Å². The van der Waals surface area contributed by atoms with Crippen LogP contribution in [0.25, 0.3) is 0 Å². The Morgan fingerprint density at radius 1 is 1.10 bits per heavy atom. The Labute approximate surface area is 120 Å². The second-order valence-corrected chi connectivity index (χ2v) is 4.85. The molecule has 2 rings (SSSR count). The average Bonchev–Trinajstić information content (AvgIpc) is 2.48. The molecule has 0 amide bonds. The molecule has 0 radical (unpaired) electrons. The Morgan fingerprint density at radius 2 is 1.85 bits per heavy atom. The maximum Gasteiger partial charge on any atom is 0.132 e. The molecule has 0 unspecified atom stereocenters. The van der Waals surface area contributed by atoms with Crippen LogP contribution in [0.3, 0.4) is 0 Å². The Balaban J connectivity index is 1.92. The van der Waals surface area contributed by atoms with E-state index in [2.05, 4.69) is 33.3 Å². The number of aryl methyl sites for hydroxylation is 1. The van der Waals surface area contributed by atoms with Crippen molar-refractivity contribution < 1.29 is 0 Å². The zero-order valence-corrected chi connectivity index (χ0v) is 12.3. The molecule has 2 aromatic heterocycles. The van der Waals surface area contributed by atoms with E-state index in [4.69, 9.17) is 0 Å². The van der Waals surface area contributed by atoms with Crippen molar-refractivity contribution in [2.45, 2.75) is 26.4 Å². The van der Waals surface area contributed by atoms with Gasteiger partial charge in [0.1, 0.15) is 11.6 Å². The van der Waals surface area contributed by atoms with E-state index in [9.17, 15) is 0 Å². The minimum atomic E-state index is 0.756. The number of anilines is 1. The number of aromatic nitrogens is 3. The van der Waals surface area contributed by atoms with E-state index in [1.807, 2.05) is 43.7 Å². The molecular weight excluding hydrogens is 250 g/mol. The van der Waals surface area contributed by atoms with Crippen LogP contribution in [0, 0.1) is 0 Å². The summed E-state index contributed by atoms with van der Waals surface area (Å²) in [5, 5.41) is 3.40. The molecule has 0 bridgehead atoms. The minimum Gasteiger partial charge on any atom is -0.362 e. The molecule has 0 saturated heterocycles. The van der Waals surface area contributed by atoms with Gasteiger partial charge in [-0.25, -0.2) is 15.0 Å². The van der Waals surface area contributed by atoms with Crippen molar-refractivity contribution >= 4 is 5.82 Å². The summed E-state index contributed by atoms with van der Waals surface area (Å²) in [6, 6.07) is 4.05. The van der Waals surface area contributed by atoms with E-state index in [1.165, 1.54) is 5.56 Å². The topological polar surface area (TPSA) is 53.9 Å². The zero-order chi connectivity index (χ0) is 14.4. The molecule has 106 valence electrons. The maximum atomic E-state index is 4.39. The highest BCUT2D eigenvalue weighted by molar-refractivity contribution is 5.44. The first-order chi connectivity index (χ1) is 9.70. The summed E-state index contributed by atoms with van der Waals surface area (Å²) in [5.41, 5.74) is 2.28.